The van der Waals surface area contributed by atoms with Crippen LogP contribution in [0.4, 0.5) is 0 Å². The van der Waals surface area contributed by atoms with Gasteiger partial charge in [-0.3, -0.25) is 0 Å². The van der Waals surface area contributed by atoms with Gasteiger partial charge in [0.05, 0.1) is 12.9 Å². The van der Waals surface area contributed by atoms with Gasteiger partial charge in [0.15, 0.2) is 0 Å². The highest BCUT2D eigenvalue weighted by Crippen LogP contribution is 1.98. The molecular weight excluding hydrogens is 154 g/mol. The molecule has 0 spiro atoms. The molecule has 4 heteroatoms. The van der Waals surface area contributed by atoms with Gasteiger partial charge in [-0.25, -0.2) is 4.98 Å². The van der Waals surface area contributed by atoms with Crippen molar-refractivity contribution < 1.29 is 4.74 Å². The minimum atomic E-state index is 0.665. The highest BCUT2D eigenvalue weighted by atomic mass is 16.5. The van der Waals surface area contributed by atoms with Crippen LogP contribution in [0.5, 0.6) is 0 Å². The van der Waals surface area contributed by atoms with Gasteiger partial charge in [-0.15, -0.1) is 0 Å². The Morgan fingerprint density at radius 1 is 1.67 bits per heavy atom. The van der Waals surface area contributed by atoms with Crippen LogP contribution >= 0.6 is 0 Å². The Hall–Kier alpha value is -0.870. The number of hydrogen-bond donors (Lipinski definition) is 1. The summed E-state index contributed by atoms with van der Waals surface area (Å²) in [6.45, 7) is 2.23. The number of nitrogens with zero attached hydrogens (tertiary/aromatic N) is 2. The topological polar surface area (TPSA) is 53.1 Å². The number of imidazole rings is 1. The predicted octanol–water partition coefficient (Wildman–Crippen LogP) is 0.0307. The Morgan fingerprint density at radius 2 is 2.50 bits per heavy atom. The number of rotatable bonds is 5. The summed E-state index contributed by atoms with van der Waals surface area (Å²) < 4.78 is 7.03. The van der Waals surface area contributed by atoms with E-state index in [1.807, 2.05) is 12.5 Å². The van der Waals surface area contributed by atoms with Gasteiger partial charge in [0, 0.05) is 32.0 Å². The predicted molar refractivity (Wildman–Crippen MR) is 46.9 cm³/mol. The zero-order valence-corrected chi connectivity index (χ0v) is 7.36. The van der Waals surface area contributed by atoms with E-state index >= 15 is 0 Å². The second kappa shape index (κ2) is 4.90. The number of nitrogens with two attached hydrogens (primary N) is 1. The molecule has 0 saturated carbocycles. The van der Waals surface area contributed by atoms with E-state index in [1.54, 1.807) is 7.11 Å². The number of methoxy groups -OCH3 is 1. The van der Waals surface area contributed by atoms with Gasteiger partial charge in [0.25, 0.3) is 0 Å². The van der Waals surface area contributed by atoms with E-state index in [0.717, 1.165) is 13.0 Å². The van der Waals surface area contributed by atoms with E-state index in [2.05, 4.69) is 9.55 Å². The lowest BCUT2D eigenvalue weighted by Crippen LogP contribution is -2.10. The first-order valence-electron chi connectivity index (χ1n) is 4.06. The highest BCUT2D eigenvalue weighted by Gasteiger charge is 1.99. The minimum Gasteiger partial charge on any atom is -0.383 e. The fourth-order valence-electron chi connectivity index (χ4n) is 1.10. The largest absolute Gasteiger partial charge is 0.383 e. The zero-order chi connectivity index (χ0) is 8.81. The van der Waals surface area contributed by atoms with Crippen molar-refractivity contribution in [2.75, 3.05) is 20.3 Å². The third-order valence-electron chi connectivity index (χ3n) is 1.74. The summed E-state index contributed by atoms with van der Waals surface area (Å²) in [5.74, 6) is 0. The van der Waals surface area contributed by atoms with E-state index < -0.39 is 0 Å². The smallest absolute Gasteiger partial charge is 0.0948 e. The Bertz CT molecular complexity index is 222. The van der Waals surface area contributed by atoms with Crippen molar-refractivity contribution in [2.24, 2.45) is 5.73 Å². The molecule has 2 N–H and O–H groups in total. The van der Waals surface area contributed by atoms with Crippen LogP contribution in [-0.2, 0) is 17.7 Å². The zero-order valence-electron chi connectivity index (χ0n) is 7.36. The number of ether oxygens (including phenoxy) is 1. The second-order valence-corrected chi connectivity index (χ2v) is 2.61. The molecule has 0 aliphatic carbocycles. The Balaban J connectivity index is 2.51. The Morgan fingerprint density at radius 3 is 3.17 bits per heavy atom. The molecule has 0 aliphatic rings. The molecule has 0 bridgehead atoms. The lowest BCUT2D eigenvalue weighted by Gasteiger charge is -2.05. The van der Waals surface area contributed by atoms with Crippen LogP contribution in [0.15, 0.2) is 12.5 Å². The molecule has 4 nitrogen and oxygen atoms in total. The molecule has 0 amide bonds. The van der Waals surface area contributed by atoms with Gasteiger partial charge in [-0.1, -0.05) is 0 Å². The number of hydrogen-bond acceptors (Lipinski definition) is 3. The second-order valence-electron chi connectivity index (χ2n) is 2.61. The van der Waals surface area contributed by atoms with E-state index in [9.17, 15) is 0 Å². The molecule has 0 radical (unpaired) electrons. The Kier molecular flexibility index (Phi) is 3.76. The lowest BCUT2D eigenvalue weighted by molar-refractivity contribution is 0.186. The third-order valence-corrected chi connectivity index (χ3v) is 1.74. The van der Waals surface area contributed by atoms with E-state index in [1.165, 1.54) is 5.69 Å². The summed E-state index contributed by atoms with van der Waals surface area (Å²) in [5.41, 5.74) is 6.62. The molecule has 0 fully saturated rings. The van der Waals surface area contributed by atoms with Gasteiger partial charge >= 0.3 is 0 Å². The molecule has 68 valence electrons. The molecule has 0 saturated heterocycles. The van der Waals surface area contributed by atoms with Crippen LogP contribution < -0.4 is 5.73 Å². The van der Waals surface area contributed by atoms with Gasteiger partial charge in [0.1, 0.15) is 0 Å². The van der Waals surface area contributed by atoms with E-state index in [-0.39, 0.29) is 0 Å². The van der Waals surface area contributed by atoms with Gasteiger partial charge < -0.3 is 15.0 Å². The van der Waals surface area contributed by atoms with E-state index in [0.29, 0.717) is 13.2 Å². The first-order valence-corrected chi connectivity index (χ1v) is 4.06. The van der Waals surface area contributed by atoms with Crippen LogP contribution in [0, 0.1) is 0 Å². The van der Waals surface area contributed by atoms with Crippen LogP contribution in [0.25, 0.3) is 0 Å². The molecule has 0 aliphatic heterocycles. The van der Waals surface area contributed by atoms with Gasteiger partial charge in [-0.2, -0.15) is 0 Å². The molecule has 1 aromatic heterocycles. The standard InChI is InChI=1S/C8H15N3O/c1-12-5-4-11-7-10-6-8(11)2-3-9/h6-7H,2-5,9H2,1H3. The van der Waals surface area contributed by atoms with Gasteiger partial charge in [-0.05, 0) is 6.54 Å². The van der Waals surface area contributed by atoms with Gasteiger partial charge in [0.2, 0.25) is 0 Å². The molecule has 1 aromatic rings. The molecular formula is C8H15N3O. The SMILES string of the molecule is COCCn1cncc1CCN. The maximum atomic E-state index is 5.44. The summed E-state index contributed by atoms with van der Waals surface area (Å²) in [6.07, 6.45) is 4.54. The summed E-state index contributed by atoms with van der Waals surface area (Å²) in [5, 5.41) is 0. The average molecular weight is 169 g/mol. The van der Waals surface area contributed by atoms with Crippen molar-refractivity contribution in [3.63, 3.8) is 0 Å². The van der Waals surface area contributed by atoms with Crippen LogP contribution in [0.2, 0.25) is 0 Å². The normalized spacial score (nSPS) is 10.5. The molecule has 1 rings (SSSR count). The summed E-state index contributed by atoms with van der Waals surface area (Å²) in [4.78, 5) is 4.05. The first-order chi connectivity index (χ1) is 5.88. The van der Waals surface area contributed by atoms with Crippen molar-refractivity contribution >= 4 is 0 Å². The lowest BCUT2D eigenvalue weighted by atomic mass is 10.3. The maximum Gasteiger partial charge on any atom is 0.0948 e. The summed E-state index contributed by atoms with van der Waals surface area (Å²) >= 11 is 0. The monoisotopic (exact) mass is 169 g/mol. The van der Waals surface area contributed by atoms with Crippen molar-refractivity contribution in [3.8, 4) is 0 Å². The summed E-state index contributed by atoms with van der Waals surface area (Å²) in [6, 6.07) is 0. The Labute approximate surface area is 72.3 Å². The summed E-state index contributed by atoms with van der Waals surface area (Å²) in [7, 11) is 1.69. The van der Waals surface area contributed by atoms with Crippen LogP contribution in [0.1, 0.15) is 5.69 Å². The first kappa shape index (κ1) is 9.22. The fraction of sp³-hybridized carbons (Fsp3) is 0.625. The highest BCUT2D eigenvalue weighted by molar-refractivity contribution is 4.98. The third kappa shape index (κ3) is 2.32. The average Bonchev–Trinajstić information content (AvgIpc) is 2.50. The molecule has 1 heterocycles. The fourth-order valence-corrected chi connectivity index (χ4v) is 1.10. The van der Waals surface area contributed by atoms with Crippen molar-refractivity contribution in [2.45, 2.75) is 13.0 Å². The minimum absolute atomic E-state index is 0.665. The van der Waals surface area contributed by atoms with Crippen molar-refractivity contribution in [1.29, 1.82) is 0 Å². The van der Waals surface area contributed by atoms with Crippen LogP contribution in [0.3, 0.4) is 0 Å². The molecule has 0 unspecified atom stereocenters. The van der Waals surface area contributed by atoms with Crippen molar-refractivity contribution in [3.05, 3.63) is 18.2 Å². The number of aromatic nitrogens is 2. The maximum absolute atomic E-state index is 5.44. The molecule has 12 heavy (non-hydrogen) atoms. The molecule has 0 atom stereocenters. The quantitative estimate of drug-likeness (QED) is 0.676. The van der Waals surface area contributed by atoms with E-state index in [4.69, 9.17) is 10.5 Å². The van der Waals surface area contributed by atoms with Crippen molar-refractivity contribution in [1.82, 2.24) is 9.55 Å². The van der Waals surface area contributed by atoms with Crippen LogP contribution in [-0.4, -0.2) is 29.8 Å². The molecule has 0 aromatic carbocycles.